The van der Waals surface area contributed by atoms with E-state index >= 15 is 0 Å². The van der Waals surface area contributed by atoms with Crippen LogP contribution in [0.1, 0.15) is 41.5 Å². The monoisotopic (exact) mass is 475 g/mol. The maximum atomic E-state index is 2.34. The fraction of sp³-hybridized carbons (Fsp3) is 1.00. The summed E-state index contributed by atoms with van der Waals surface area (Å²) in [6.45, 7) is 13.8. The molecule has 65 valence electrons. The van der Waals surface area contributed by atoms with Gasteiger partial charge in [-0.2, -0.15) is 0 Å². The normalized spacial score (nSPS) is 12.1. The van der Waals surface area contributed by atoms with Gasteiger partial charge in [0, 0.05) is 0 Å². The molecular formula is C8H19HgIP. The van der Waals surface area contributed by atoms with E-state index in [1.807, 2.05) is 0 Å². The maximum absolute atomic E-state index is 2.34. The van der Waals surface area contributed by atoms with Gasteiger partial charge in [-0.15, -0.1) is 8.58 Å². The second kappa shape index (κ2) is 6.53. The van der Waals surface area contributed by atoms with E-state index in [4.69, 9.17) is 0 Å². The molecule has 0 amide bonds. The summed E-state index contributed by atoms with van der Waals surface area (Å²) >= 11 is 3.34. The molecule has 0 unspecified atom stereocenters. The van der Waals surface area contributed by atoms with Crippen molar-refractivity contribution in [3.8, 4) is 0 Å². The summed E-state index contributed by atoms with van der Waals surface area (Å²) in [7, 11) is 1.05. The summed E-state index contributed by atoms with van der Waals surface area (Å²) in [4.78, 5) is 0. The second-order valence-corrected chi connectivity index (χ2v) is 7.88. The molecule has 3 heteroatoms. The third-order valence-electron chi connectivity index (χ3n) is 0.750. The van der Waals surface area contributed by atoms with Crippen molar-refractivity contribution in [2.45, 2.75) is 51.9 Å². The number of hydrogen-bond acceptors (Lipinski definition) is 0. The Kier molecular flexibility index (Phi) is 9.24. The van der Waals surface area contributed by atoms with E-state index < -0.39 is 0 Å². The number of rotatable bonds is 0. The average molecular weight is 474 g/mol. The summed E-state index contributed by atoms with van der Waals surface area (Å²) in [6, 6.07) is 0. The van der Waals surface area contributed by atoms with Gasteiger partial charge in [0.15, 0.2) is 0 Å². The quantitative estimate of drug-likeness (QED) is 0.282. The summed E-state index contributed by atoms with van der Waals surface area (Å²) in [6.07, 6.45) is 0. The molecule has 0 heterocycles. The Bertz CT molecular complexity index is 79.2. The molecule has 0 saturated carbocycles. The molecule has 0 spiro atoms. The molecule has 0 atom stereocenters. The molecule has 0 aliphatic carbocycles. The minimum absolute atomic E-state index is 0.512. The van der Waals surface area contributed by atoms with Crippen LogP contribution in [0.4, 0.5) is 0 Å². The molecular weight excluding hydrogens is 455 g/mol. The van der Waals surface area contributed by atoms with Gasteiger partial charge in [0.1, 0.15) is 0 Å². The van der Waals surface area contributed by atoms with Gasteiger partial charge in [0.25, 0.3) is 0 Å². The Balaban J connectivity index is 0. The van der Waals surface area contributed by atoms with Crippen LogP contribution >= 0.6 is 26.2 Å². The zero-order chi connectivity index (χ0) is 9.71. The minimum atomic E-state index is 0.512. The van der Waals surface area contributed by atoms with Crippen molar-refractivity contribution in [3.05, 3.63) is 0 Å². The van der Waals surface area contributed by atoms with Crippen molar-refractivity contribution in [1.29, 1.82) is 0 Å². The van der Waals surface area contributed by atoms with Crippen LogP contribution in [-0.4, -0.2) is 10.3 Å². The summed E-state index contributed by atoms with van der Waals surface area (Å²) < 4.78 is 0. The van der Waals surface area contributed by atoms with Gasteiger partial charge in [-0.05, 0) is 10.3 Å². The molecule has 0 aromatic rings. The van der Waals surface area contributed by atoms with Crippen molar-refractivity contribution in [3.63, 3.8) is 0 Å². The van der Waals surface area contributed by atoms with Gasteiger partial charge >= 0.3 is 39.5 Å². The molecule has 0 rings (SSSR count). The van der Waals surface area contributed by atoms with Gasteiger partial charge < -0.3 is 0 Å². The first-order valence-electron chi connectivity index (χ1n) is 3.77. The van der Waals surface area contributed by atoms with Crippen LogP contribution in [-0.2, 0) is 21.8 Å². The summed E-state index contributed by atoms with van der Waals surface area (Å²) in [5.41, 5.74) is 0. The Morgan fingerprint density at radius 2 is 1.00 bits per heavy atom. The average Bonchev–Trinajstić information content (AvgIpc) is 1.60. The van der Waals surface area contributed by atoms with Crippen LogP contribution in [0, 0.1) is 0 Å². The van der Waals surface area contributed by atoms with Crippen LogP contribution in [0.5, 0.6) is 0 Å². The van der Waals surface area contributed by atoms with E-state index in [-0.39, 0.29) is 0 Å². The third-order valence-corrected chi connectivity index (χ3v) is 2.25. The summed E-state index contributed by atoms with van der Waals surface area (Å²) in [5, 5.41) is 1.02. The summed E-state index contributed by atoms with van der Waals surface area (Å²) in [5.74, 6) is 0. The molecule has 0 aliphatic heterocycles. The Morgan fingerprint density at radius 1 is 0.818 bits per heavy atom. The number of hydrogen-bond donors (Lipinski definition) is 0. The second-order valence-electron chi connectivity index (χ2n) is 4.62. The van der Waals surface area contributed by atoms with Crippen LogP contribution in [0.3, 0.4) is 0 Å². The molecule has 0 aromatic heterocycles. The predicted molar refractivity (Wildman–Crippen MR) is 61.8 cm³/mol. The van der Waals surface area contributed by atoms with Crippen LogP contribution in [0.25, 0.3) is 0 Å². The molecule has 0 bridgehead atoms. The van der Waals surface area contributed by atoms with Crippen molar-refractivity contribution in [1.82, 2.24) is 0 Å². The van der Waals surface area contributed by atoms with E-state index in [2.05, 4.69) is 59.2 Å². The number of halogens is 1. The fourth-order valence-electron chi connectivity index (χ4n) is 1.12. The van der Waals surface area contributed by atoms with Crippen LogP contribution < -0.4 is 0 Å². The van der Waals surface area contributed by atoms with Crippen molar-refractivity contribution < 1.29 is 21.8 Å². The van der Waals surface area contributed by atoms with Crippen molar-refractivity contribution in [2.75, 3.05) is 0 Å². The first-order chi connectivity index (χ1) is 4.71. The van der Waals surface area contributed by atoms with Crippen LogP contribution in [0.15, 0.2) is 0 Å². The molecule has 11 heavy (non-hydrogen) atoms. The van der Waals surface area contributed by atoms with Gasteiger partial charge in [-0.1, -0.05) is 41.5 Å². The fourth-order valence-corrected chi connectivity index (χ4v) is 3.38. The topological polar surface area (TPSA) is 0 Å². The molecule has 0 N–H and O–H groups in total. The SMILES string of the molecule is CC(C)(C)PC(C)(C)C.[I][Hg]. The standard InChI is InChI=1S/C8H19P.Hg.HI/c1-7(2,3)9-8(4,5)6;;/h9H,1-6H3;;1H/q;+1;/p-1. The van der Waals surface area contributed by atoms with E-state index in [1.54, 1.807) is 0 Å². The molecule has 0 aliphatic rings. The van der Waals surface area contributed by atoms with Gasteiger partial charge in [-0.25, -0.2) is 0 Å². The van der Waals surface area contributed by atoms with Gasteiger partial charge in [-0.3, -0.25) is 0 Å². The first kappa shape index (κ1) is 15.6. The predicted octanol–water partition coefficient (Wildman–Crippen LogP) is 4.15. The molecule has 0 radical (unpaired) electrons. The Labute approximate surface area is 98.8 Å². The van der Waals surface area contributed by atoms with Crippen molar-refractivity contribution >= 4 is 26.2 Å². The zero-order valence-electron chi connectivity index (χ0n) is 8.59. The van der Waals surface area contributed by atoms with E-state index in [1.165, 1.54) is 0 Å². The van der Waals surface area contributed by atoms with Crippen LogP contribution in [0.2, 0.25) is 0 Å². The molecule has 0 fully saturated rings. The molecule has 0 nitrogen and oxygen atoms in total. The Hall–Kier alpha value is 2.10. The van der Waals surface area contributed by atoms with E-state index in [9.17, 15) is 0 Å². The first-order valence-corrected chi connectivity index (χ1v) is 20.2. The third kappa shape index (κ3) is 18.8. The molecule has 0 saturated heterocycles. The van der Waals surface area contributed by atoms with Crippen molar-refractivity contribution in [2.24, 2.45) is 0 Å². The van der Waals surface area contributed by atoms with E-state index in [0.29, 0.717) is 10.3 Å². The van der Waals surface area contributed by atoms with E-state index in [0.717, 1.165) is 30.4 Å². The Morgan fingerprint density at radius 3 is 1.00 bits per heavy atom. The zero-order valence-corrected chi connectivity index (χ0v) is 17.2. The molecule has 0 aromatic carbocycles. The van der Waals surface area contributed by atoms with Gasteiger partial charge in [0.05, 0.1) is 0 Å². The van der Waals surface area contributed by atoms with Gasteiger partial charge in [0.2, 0.25) is 0 Å².